The standard InChI is InChI=1S/C17H26N2O2/c1-3-18-17-14-6-4-5-7-16(14)21-12-15(17)19(2)13-8-10-20-11-9-13/h4-7,13,15,17-18H,3,8-12H2,1-2H3. The van der Waals surface area contributed by atoms with Crippen LogP contribution < -0.4 is 10.1 Å². The Kier molecular flexibility index (Phi) is 4.78. The van der Waals surface area contributed by atoms with E-state index in [0.29, 0.717) is 18.1 Å². The van der Waals surface area contributed by atoms with Crippen LogP contribution in [0, 0.1) is 0 Å². The topological polar surface area (TPSA) is 33.7 Å². The number of hydrogen-bond acceptors (Lipinski definition) is 4. The van der Waals surface area contributed by atoms with Crippen molar-refractivity contribution >= 4 is 0 Å². The average molecular weight is 290 g/mol. The van der Waals surface area contributed by atoms with Gasteiger partial charge in [0, 0.05) is 24.8 Å². The highest BCUT2D eigenvalue weighted by Gasteiger charge is 2.35. The van der Waals surface area contributed by atoms with E-state index >= 15 is 0 Å². The van der Waals surface area contributed by atoms with Crippen molar-refractivity contribution in [1.29, 1.82) is 0 Å². The van der Waals surface area contributed by atoms with E-state index in [2.05, 4.69) is 42.4 Å². The quantitative estimate of drug-likeness (QED) is 0.922. The van der Waals surface area contributed by atoms with Crippen molar-refractivity contribution in [3.8, 4) is 5.75 Å². The lowest BCUT2D eigenvalue weighted by Crippen LogP contribution is -2.53. The van der Waals surface area contributed by atoms with Gasteiger partial charge in [0.15, 0.2) is 0 Å². The Morgan fingerprint density at radius 1 is 1.24 bits per heavy atom. The molecule has 0 saturated carbocycles. The smallest absolute Gasteiger partial charge is 0.124 e. The van der Waals surface area contributed by atoms with Crippen molar-refractivity contribution < 1.29 is 9.47 Å². The Labute approximate surface area is 127 Å². The fourth-order valence-electron chi connectivity index (χ4n) is 3.53. The zero-order valence-corrected chi connectivity index (χ0v) is 13.0. The Morgan fingerprint density at radius 2 is 2.00 bits per heavy atom. The molecular weight excluding hydrogens is 264 g/mol. The van der Waals surface area contributed by atoms with Gasteiger partial charge in [0.05, 0.1) is 12.1 Å². The normalized spacial score (nSPS) is 26.4. The van der Waals surface area contributed by atoms with Crippen LogP contribution in [0.4, 0.5) is 0 Å². The number of likely N-dealkylation sites (N-methyl/N-ethyl adjacent to an activating group) is 2. The molecule has 2 heterocycles. The van der Waals surface area contributed by atoms with Gasteiger partial charge in [-0.1, -0.05) is 25.1 Å². The first-order valence-corrected chi connectivity index (χ1v) is 8.06. The Morgan fingerprint density at radius 3 is 2.76 bits per heavy atom. The second-order valence-corrected chi connectivity index (χ2v) is 5.96. The van der Waals surface area contributed by atoms with Gasteiger partial charge in [-0.3, -0.25) is 4.90 Å². The third-order valence-electron chi connectivity index (χ3n) is 4.76. The second-order valence-electron chi connectivity index (χ2n) is 5.96. The highest BCUT2D eigenvalue weighted by molar-refractivity contribution is 5.38. The molecule has 116 valence electrons. The molecule has 0 amide bonds. The van der Waals surface area contributed by atoms with Gasteiger partial charge < -0.3 is 14.8 Å². The van der Waals surface area contributed by atoms with E-state index < -0.39 is 0 Å². The molecule has 1 aromatic rings. The molecule has 1 fully saturated rings. The van der Waals surface area contributed by atoms with Crippen LogP contribution in [0.1, 0.15) is 31.4 Å². The van der Waals surface area contributed by atoms with Crippen molar-refractivity contribution in [2.24, 2.45) is 0 Å². The third-order valence-corrected chi connectivity index (χ3v) is 4.76. The first-order chi connectivity index (χ1) is 10.3. The maximum atomic E-state index is 6.01. The van der Waals surface area contributed by atoms with Gasteiger partial charge in [-0.2, -0.15) is 0 Å². The molecule has 0 radical (unpaired) electrons. The third kappa shape index (κ3) is 3.07. The molecule has 0 bridgehead atoms. The summed E-state index contributed by atoms with van der Waals surface area (Å²) < 4.78 is 11.5. The van der Waals surface area contributed by atoms with Crippen LogP contribution in [-0.2, 0) is 4.74 Å². The van der Waals surface area contributed by atoms with Gasteiger partial charge in [0.1, 0.15) is 12.4 Å². The van der Waals surface area contributed by atoms with E-state index in [-0.39, 0.29) is 0 Å². The van der Waals surface area contributed by atoms with Gasteiger partial charge in [0.2, 0.25) is 0 Å². The predicted molar refractivity (Wildman–Crippen MR) is 83.7 cm³/mol. The van der Waals surface area contributed by atoms with Crippen LogP contribution in [0.5, 0.6) is 5.75 Å². The van der Waals surface area contributed by atoms with Crippen molar-refractivity contribution in [1.82, 2.24) is 10.2 Å². The molecule has 4 heteroatoms. The lowest BCUT2D eigenvalue weighted by Gasteiger charge is -2.43. The number of benzene rings is 1. The number of nitrogens with one attached hydrogen (secondary N) is 1. The zero-order valence-electron chi connectivity index (χ0n) is 13.0. The fourth-order valence-corrected chi connectivity index (χ4v) is 3.53. The Hall–Kier alpha value is -1.10. The highest BCUT2D eigenvalue weighted by Crippen LogP contribution is 2.35. The van der Waals surface area contributed by atoms with Gasteiger partial charge in [0.25, 0.3) is 0 Å². The predicted octanol–water partition coefficient (Wildman–Crippen LogP) is 2.21. The van der Waals surface area contributed by atoms with E-state index in [0.717, 1.165) is 45.0 Å². The van der Waals surface area contributed by atoms with Crippen LogP contribution in [0.2, 0.25) is 0 Å². The van der Waals surface area contributed by atoms with Crippen LogP contribution in [0.15, 0.2) is 24.3 Å². The summed E-state index contributed by atoms with van der Waals surface area (Å²) in [5.41, 5.74) is 1.29. The molecule has 0 aliphatic carbocycles. The number of fused-ring (bicyclic) bond motifs is 1. The van der Waals surface area contributed by atoms with Crippen molar-refractivity contribution in [3.05, 3.63) is 29.8 Å². The lowest BCUT2D eigenvalue weighted by molar-refractivity contribution is 0.00567. The summed E-state index contributed by atoms with van der Waals surface area (Å²) in [6.45, 7) is 5.65. The molecule has 0 spiro atoms. The second kappa shape index (κ2) is 6.77. The number of nitrogens with zero attached hydrogens (tertiary/aromatic N) is 1. The summed E-state index contributed by atoms with van der Waals surface area (Å²) in [5.74, 6) is 1.03. The van der Waals surface area contributed by atoms with E-state index in [4.69, 9.17) is 9.47 Å². The van der Waals surface area contributed by atoms with Crippen LogP contribution in [0.3, 0.4) is 0 Å². The summed E-state index contributed by atoms with van der Waals surface area (Å²) in [4.78, 5) is 2.51. The molecule has 1 saturated heterocycles. The van der Waals surface area contributed by atoms with E-state index in [1.165, 1.54) is 5.56 Å². The molecule has 2 unspecified atom stereocenters. The SMILES string of the molecule is CCNC1c2ccccc2OCC1N(C)C1CCOCC1. The average Bonchev–Trinajstić information content (AvgIpc) is 2.55. The van der Waals surface area contributed by atoms with E-state index in [1.54, 1.807) is 0 Å². The van der Waals surface area contributed by atoms with Gasteiger partial charge in [-0.25, -0.2) is 0 Å². The van der Waals surface area contributed by atoms with Gasteiger partial charge >= 0.3 is 0 Å². The Balaban J connectivity index is 1.80. The number of rotatable bonds is 4. The monoisotopic (exact) mass is 290 g/mol. The van der Waals surface area contributed by atoms with Gasteiger partial charge in [-0.05, 0) is 32.5 Å². The van der Waals surface area contributed by atoms with E-state index in [1.807, 2.05) is 6.07 Å². The summed E-state index contributed by atoms with van der Waals surface area (Å²) in [5, 5.41) is 3.66. The highest BCUT2D eigenvalue weighted by atomic mass is 16.5. The minimum Gasteiger partial charge on any atom is -0.492 e. The van der Waals surface area contributed by atoms with Crippen LogP contribution in [-0.4, -0.2) is 50.4 Å². The summed E-state index contributed by atoms with van der Waals surface area (Å²) in [6.07, 6.45) is 2.24. The van der Waals surface area contributed by atoms with Crippen LogP contribution in [0.25, 0.3) is 0 Å². The number of para-hydroxylation sites is 1. The van der Waals surface area contributed by atoms with Crippen molar-refractivity contribution in [2.45, 2.75) is 37.9 Å². The molecule has 1 aromatic carbocycles. The first kappa shape index (κ1) is 14.8. The minimum absolute atomic E-state index is 0.341. The molecule has 2 aliphatic heterocycles. The maximum Gasteiger partial charge on any atom is 0.124 e. The van der Waals surface area contributed by atoms with Crippen LogP contribution >= 0.6 is 0 Å². The molecule has 2 atom stereocenters. The first-order valence-electron chi connectivity index (χ1n) is 8.06. The van der Waals surface area contributed by atoms with Gasteiger partial charge in [-0.15, -0.1) is 0 Å². The summed E-state index contributed by atoms with van der Waals surface area (Å²) in [6, 6.07) is 9.72. The maximum absolute atomic E-state index is 6.01. The van der Waals surface area contributed by atoms with Crippen molar-refractivity contribution in [2.75, 3.05) is 33.4 Å². The molecule has 4 nitrogen and oxygen atoms in total. The molecule has 21 heavy (non-hydrogen) atoms. The lowest BCUT2D eigenvalue weighted by atomic mass is 9.93. The van der Waals surface area contributed by atoms with Crippen molar-refractivity contribution in [3.63, 3.8) is 0 Å². The summed E-state index contributed by atoms with van der Waals surface area (Å²) in [7, 11) is 2.24. The van der Waals surface area contributed by atoms with E-state index in [9.17, 15) is 0 Å². The Bertz CT molecular complexity index is 460. The minimum atomic E-state index is 0.341. The largest absolute Gasteiger partial charge is 0.492 e. The molecule has 1 N–H and O–H groups in total. The molecular formula is C17H26N2O2. The summed E-state index contributed by atoms with van der Waals surface area (Å²) >= 11 is 0. The molecule has 0 aromatic heterocycles. The fraction of sp³-hybridized carbons (Fsp3) is 0.647. The number of hydrogen-bond donors (Lipinski definition) is 1. The molecule has 3 rings (SSSR count). The number of ether oxygens (including phenoxy) is 2. The molecule has 2 aliphatic rings. The zero-order chi connectivity index (χ0) is 14.7.